The average molecular weight is 367 g/mol. The summed E-state index contributed by atoms with van der Waals surface area (Å²) in [5.41, 5.74) is -0.0625. The largest absolute Gasteiger partial charge is 0.485 e. The Balaban J connectivity index is 2.36. The van der Waals surface area contributed by atoms with E-state index in [9.17, 15) is 23.2 Å². The number of rotatable bonds is 5. The standard InChI is InChI=1S/C19H20F3NO3/c1-12(23(25)14(3)24)16-9-10-18(17(11-16)19(20,21)22)26-13(2)15-7-5-4-6-8-15/h4-13,25H,1-3H3. The van der Waals surface area contributed by atoms with Crippen molar-refractivity contribution in [2.45, 2.75) is 39.1 Å². The number of benzene rings is 2. The van der Waals surface area contributed by atoms with Gasteiger partial charge in [0.25, 0.3) is 0 Å². The zero-order chi connectivity index (χ0) is 19.5. The molecule has 1 amide bonds. The molecule has 0 aromatic heterocycles. The molecule has 2 aromatic carbocycles. The molecule has 0 saturated carbocycles. The molecule has 0 fully saturated rings. The maximum Gasteiger partial charge on any atom is 0.419 e. The van der Waals surface area contributed by atoms with Gasteiger partial charge in [-0.05, 0) is 37.1 Å². The number of halogens is 3. The molecule has 2 rings (SSSR count). The molecule has 2 aromatic rings. The highest BCUT2D eigenvalue weighted by Crippen LogP contribution is 2.39. The monoisotopic (exact) mass is 367 g/mol. The van der Waals surface area contributed by atoms with Gasteiger partial charge in [-0.1, -0.05) is 36.4 Å². The Hall–Kier alpha value is -2.54. The fraction of sp³-hybridized carbons (Fsp3) is 0.316. The van der Waals surface area contributed by atoms with Gasteiger partial charge < -0.3 is 4.74 Å². The van der Waals surface area contributed by atoms with Crippen LogP contribution in [0.25, 0.3) is 0 Å². The van der Waals surface area contributed by atoms with Gasteiger partial charge in [0.05, 0.1) is 11.6 Å². The first-order chi connectivity index (χ1) is 12.1. The van der Waals surface area contributed by atoms with Crippen LogP contribution in [-0.4, -0.2) is 16.2 Å². The smallest absolute Gasteiger partial charge is 0.419 e. The molecular formula is C19H20F3NO3. The van der Waals surface area contributed by atoms with Gasteiger partial charge in [-0.15, -0.1) is 0 Å². The summed E-state index contributed by atoms with van der Waals surface area (Å²) >= 11 is 0. The molecule has 2 unspecified atom stereocenters. The Morgan fingerprint density at radius 3 is 2.23 bits per heavy atom. The van der Waals surface area contributed by atoms with Crippen molar-refractivity contribution < 1.29 is 27.9 Å². The zero-order valence-corrected chi connectivity index (χ0v) is 14.6. The molecule has 1 N–H and O–H groups in total. The molecule has 0 spiro atoms. The van der Waals surface area contributed by atoms with Crippen LogP contribution in [0.2, 0.25) is 0 Å². The molecule has 0 aliphatic rings. The molecule has 7 heteroatoms. The van der Waals surface area contributed by atoms with Gasteiger partial charge in [-0.25, -0.2) is 5.06 Å². The van der Waals surface area contributed by atoms with Crippen molar-refractivity contribution in [3.8, 4) is 5.75 Å². The van der Waals surface area contributed by atoms with Crippen molar-refractivity contribution in [1.82, 2.24) is 5.06 Å². The van der Waals surface area contributed by atoms with Crippen LogP contribution in [0.3, 0.4) is 0 Å². The predicted molar refractivity (Wildman–Crippen MR) is 89.7 cm³/mol. The number of hydroxylamine groups is 2. The second kappa shape index (κ2) is 7.78. The lowest BCUT2D eigenvalue weighted by atomic mass is 10.0. The topological polar surface area (TPSA) is 49.8 Å². The molecule has 2 atom stereocenters. The maximum atomic E-state index is 13.5. The quantitative estimate of drug-likeness (QED) is 0.588. The summed E-state index contributed by atoms with van der Waals surface area (Å²) in [6, 6.07) is 11.5. The molecule has 4 nitrogen and oxygen atoms in total. The second-order valence-electron chi connectivity index (χ2n) is 5.96. The van der Waals surface area contributed by atoms with Gasteiger partial charge in [-0.3, -0.25) is 10.0 Å². The summed E-state index contributed by atoms with van der Waals surface area (Å²) in [6.07, 6.45) is -5.22. The normalized spacial score (nSPS) is 13.8. The van der Waals surface area contributed by atoms with Crippen molar-refractivity contribution >= 4 is 5.91 Å². The van der Waals surface area contributed by atoms with E-state index < -0.39 is 29.8 Å². The van der Waals surface area contributed by atoms with E-state index in [0.717, 1.165) is 18.6 Å². The third kappa shape index (κ3) is 4.54. The van der Waals surface area contributed by atoms with E-state index in [-0.39, 0.29) is 11.3 Å². The van der Waals surface area contributed by atoms with Gasteiger partial charge >= 0.3 is 6.18 Å². The fourth-order valence-corrected chi connectivity index (χ4v) is 2.53. The van der Waals surface area contributed by atoms with E-state index in [1.165, 1.54) is 19.1 Å². The summed E-state index contributed by atoms with van der Waals surface area (Å²) in [4.78, 5) is 11.2. The van der Waals surface area contributed by atoms with Crippen molar-refractivity contribution in [2.24, 2.45) is 0 Å². The van der Waals surface area contributed by atoms with Gasteiger partial charge in [0.2, 0.25) is 5.91 Å². The third-order valence-corrected chi connectivity index (χ3v) is 4.05. The lowest BCUT2D eigenvalue weighted by Crippen LogP contribution is -2.28. The molecule has 0 bridgehead atoms. The maximum absolute atomic E-state index is 13.5. The Labute approximate surface area is 149 Å². The summed E-state index contributed by atoms with van der Waals surface area (Å²) in [6.45, 7) is 4.22. The fourth-order valence-electron chi connectivity index (χ4n) is 2.53. The SMILES string of the molecule is CC(=O)N(O)C(C)c1ccc(OC(C)c2ccccc2)c(C(F)(F)F)c1. The van der Waals surface area contributed by atoms with E-state index in [4.69, 9.17) is 4.74 Å². The van der Waals surface area contributed by atoms with E-state index >= 15 is 0 Å². The number of nitrogens with zero attached hydrogens (tertiary/aromatic N) is 1. The number of hydrogen-bond donors (Lipinski definition) is 1. The average Bonchev–Trinajstić information content (AvgIpc) is 2.60. The van der Waals surface area contributed by atoms with Crippen LogP contribution in [-0.2, 0) is 11.0 Å². The van der Waals surface area contributed by atoms with Gasteiger partial charge in [-0.2, -0.15) is 13.2 Å². The molecule has 0 aliphatic heterocycles. The lowest BCUT2D eigenvalue weighted by Gasteiger charge is -2.24. The molecule has 0 aliphatic carbocycles. The number of ether oxygens (including phenoxy) is 1. The minimum atomic E-state index is -4.64. The van der Waals surface area contributed by atoms with Crippen LogP contribution in [0.5, 0.6) is 5.75 Å². The Morgan fingerprint density at radius 2 is 1.69 bits per heavy atom. The van der Waals surface area contributed by atoms with E-state index in [0.29, 0.717) is 5.06 Å². The van der Waals surface area contributed by atoms with Crippen LogP contribution in [0.4, 0.5) is 13.2 Å². The van der Waals surface area contributed by atoms with E-state index in [1.807, 2.05) is 6.07 Å². The summed E-state index contributed by atoms with van der Waals surface area (Å²) in [5.74, 6) is -0.971. The predicted octanol–water partition coefficient (Wildman–Crippen LogP) is 5.14. The second-order valence-corrected chi connectivity index (χ2v) is 5.96. The molecule has 26 heavy (non-hydrogen) atoms. The van der Waals surface area contributed by atoms with Gasteiger partial charge in [0, 0.05) is 6.92 Å². The number of carbonyl (C=O) groups excluding carboxylic acids is 1. The highest BCUT2D eigenvalue weighted by molar-refractivity contribution is 5.72. The Morgan fingerprint density at radius 1 is 1.08 bits per heavy atom. The zero-order valence-electron chi connectivity index (χ0n) is 14.6. The van der Waals surface area contributed by atoms with Crippen LogP contribution in [0.1, 0.15) is 49.6 Å². The highest BCUT2D eigenvalue weighted by Gasteiger charge is 2.36. The molecule has 0 heterocycles. The van der Waals surface area contributed by atoms with Crippen LogP contribution >= 0.6 is 0 Å². The summed E-state index contributed by atoms with van der Waals surface area (Å²) in [5, 5.41) is 10.1. The van der Waals surface area contributed by atoms with Crippen molar-refractivity contribution in [3.63, 3.8) is 0 Å². The Kier molecular flexibility index (Phi) is 5.92. The number of carbonyl (C=O) groups is 1. The summed E-state index contributed by atoms with van der Waals surface area (Å²) in [7, 11) is 0. The van der Waals surface area contributed by atoms with E-state index in [1.54, 1.807) is 31.2 Å². The highest BCUT2D eigenvalue weighted by atomic mass is 19.4. The first-order valence-electron chi connectivity index (χ1n) is 8.02. The lowest BCUT2D eigenvalue weighted by molar-refractivity contribution is -0.172. The molecule has 0 radical (unpaired) electrons. The van der Waals surface area contributed by atoms with Gasteiger partial charge in [0.15, 0.2) is 0 Å². The number of amides is 1. The summed E-state index contributed by atoms with van der Waals surface area (Å²) < 4.78 is 46.0. The minimum absolute atomic E-state index is 0.148. The first kappa shape index (κ1) is 19.8. The van der Waals surface area contributed by atoms with Crippen LogP contribution in [0, 0.1) is 0 Å². The number of alkyl halides is 3. The van der Waals surface area contributed by atoms with Crippen molar-refractivity contribution in [2.75, 3.05) is 0 Å². The molecular weight excluding hydrogens is 347 g/mol. The van der Waals surface area contributed by atoms with Gasteiger partial charge in [0.1, 0.15) is 11.9 Å². The van der Waals surface area contributed by atoms with E-state index in [2.05, 4.69) is 0 Å². The molecule has 140 valence electrons. The van der Waals surface area contributed by atoms with Crippen molar-refractivity contribution in [1.29, 1.82) is 0 Å². The van der Waals surface area contributed by atoms with Crippen molar-refractivity contribution in [3.05, 3.63) is 65.2 Å². The first-order valence-corrected chi connectivity index (χ1v) is 8.02. The molecule has 0 saturated heterocycles. The third-order valence-electron chi connectivity index (χ3n) is 4.05. The number of hydrogen-bond acceptors (Lipinski definition) is 3. The van der Waals surface area contributed by atoms with Crippen LogP contribution in [0.15, 0.2) is 48.5 Å². The van der Waals surface area contributed by atoms with Crippen LogP contribution < -0.4 is 4.74 Å². The Bertz CT molecular complexity index is 762. The minimum Gasteiger partial charge on any atom is -0.485 e.